The third-order valence-electron chi connectivity index (χ3n) is 2.60. The van der Waals surface area contributed by atoms with Crippen molar-refractivity contribution in [1.82, 2.24) is 4.98 Å². The maximum atomic E-state index is 11.8. The van der Waals surface area contributed by atoms with E-state index < -0.39 is 0 Å². The number of aromatic nitrogens is 1. The highest BCUT2D eigenvalue weighted by molar-refractivity contribution is 14.1. The zero-order valence-electron chi connectivity index (χ0n) is 8.95. The Morgan fingerprint density at radius 2 is 2.47 bits per heavy atom. The monoisotopic (exact) mass is 343 g/mol. The Kier molecular flexibility index (Phi) is 3.80. The molecule has 1 amide bonds. The fourth-order valence-electron chi connectivity index (χ4n) is 1.80. The number of rotatable bonds is 3. The Labute approximate surface area is 112 Å². The summed E-state index contributed by atoms with van der Waals surface area (Å²) in [5.41, 5.74) is 8.25. The molecule has 1 aliphatic heterocycles. The van der Waals surface area contributed by atoms with Gasteiger partial charge in [-0.3, -0.25) is 9.69 Å². The van der Waals surface area contributed by atoms with Crippen LogP contribution in [0.4, 0.5) is 5.82 Å². The van der Waals surface area contributed by atoms with E-state index in [0.29, 0.717) is 25.3 Å². The predicted molar refractivity (Wildman–Crippen MR) is 71.4 cm³/mol. The minimum Gasteiger partial charge on any atom is -0.297 e. The normalized spacial score (nSPS) is 19.2. The Balaban J connectivity index is 2.10. The summed E-state index contributed by atoms with van der Waals surface area (Å²) < 4.78 is 1.03. The van der Waals surface area contributed by atoms with Gasteiger partial charge >= 0.3 is 0 Å². The van der Waals surface area contributed by atoms with E-state index in [1.54, 1.807) is 11.1 Å². The van der Waals surface area contributed by atoms with Crippen molar-refractivity contribution in [2.45, 2.75) is 6.42 Å². The summed E-state index contributed by atoms with van der Waals surface area (Å²) in [7, 11) is 0. The van der Waals surface area contributed by atoms with Crippen molar-refractivity contribution in [1.29, 1.82) is 0 Å². The van der Waals surface area contributed by atoms with Gasteiger partial charge in [-0.15, -0.1) is 0 Å². The lowest BCUT2D eigenvalue weighted by Gasteiger charge is -2.14. The largest absolute Gasteiger partial charge is 0.297 e. The van der Waals surface area contributed by atoms with Crippen LogP contribution in [0.3, 0.4) is 0 Å². The number of pyridine rings is 1. The average Bonchev–Trinajstić information content (AvgIpc) is 2.69. The van der Waals surface area contributed by atoms with Gasteiger partial charge in [-0.2, -0.15) is 0 Å². The number of nitrogens with zero attached hydrogens (tertiary/aromatic N) is 5. The van der Waals surface area contributed by atoms with E-state index in [4.69, 9.17) is 5.53 Å². The lowest BCUT2D eigenvalue weighted by molar-refractivity contribution is -0.117. The molecule has 1 saturated heterocycles. The highest BCUT2D eigenvalue weighted by Gasteiger charge is 2.30. The summed E-state index contributed by atoms with van der Waals surface area (Å²) in [5.74, 6) is 0.801. The van der Waals surface area contributed by atoms with Crippen molar-refractivity contribution in [2.75, 3.05) is 18.0 Å². The van der Waals surface area contributed by atoms with Gasteiger partial charge in [0.1, 0.15) is 5.82 Å². The molecule has 2 heterocycles. The molecule has 0 spiro atoms. The van der Waals surface area contributed by atoms with E-state index in [0.717, 1.165) is 3.57 Å². The standard InChI is InChI=1S/C10H10IN5O/c11-8-1-2-9(13-5-8)16-6-7(3-10(16)17)4-14-15-12/h1-2,5,7H,3-4,6H2. The predicted octanol–water partition coefficient (Wildman–Crippen LogP) is 2.35. The number of azide groups is 1. The zero-order chi connectivity index (χ0) is 12.3. The van der Waals surface area contributed by atoms with Crippen molar-refractivity contribution in [3.63, 3.8) is 0 Å². The zero-order valence-corrected chi connectivity index (χ0v) is 11.1. The number of carbonyl (C=O) groups excluding carboxylic acids is 1. The number of carbonyl (C=O) groups is 1. The van der Waals surface area contributed by atoms with E-state index in [2.05, 4.69) is 37.6 Å². The molecule has 7 heteroatoms. The molecule has 0 N–H and O–H groups in total. The summed E-state index contributed by atoms with van der Waals surface area (Å²) in [6.45, 7) is 0.939. The van der Waals surface area contributed by atoms with Gasteiger partial charge in [-0.25, -0.2) is 4.98 Å². The number of hydrogen-bond acceptors (Lipinski definition) is 3. The molecule has 0 aromatic carbocycles. The maximum Gasteiger partial charge on any atom is 0.228 e. The van der Waals surface area contributed by atoms with Crippen LogP contribution < -0.4 is 4.90 Å². The molecule has 1 unspecified atom stereocenters. The van der Waals surface area contributed by atoms with Gasteiger partial charge in [0, 0.05) is 34.2 Å². The topological polar surface area (TPSA) is 82.0 Å². The molecule has 0 bridgehead atoms. The second-order valence-electron chi connectivity index (χ2n) is 3.82. The minimum atomic E-state index is 0.0387. The molecule has 88 valence electrons. The molecular formula is C10H10IN5O. The molecule has 1 aromatic heterocycles. The molecule has 1 aliphatic rings. The van der Waals surface area contributed by atoms with E-state index in [1.165, 1.54) is 0 Å². The minimum absolute atomic E-state index is 0.0387. The van der Waals surface area contributed by atoms with Crippen molar-refractivity contribution in [2.24, 2.45) is 11.0 Å². The van der Waals surface area contributed by atoms with E-state index in [9.17, 15) is 4.79 Å². The smallest absolute Gasteiger partial charge is 0.228 e. The quantitative estimate of drug-likeness (QED) is 0.365. The molecule has 0 saturated carbocycles. The molecule has 1 atom stereocenters. The molecular weight excluding hydrogens is 333 g/mol. The van der Waals surface area contributed by atoms with E-state index >= 15 is 0 Å². The maximum absolute atomic E-state index is 11.8. The second kappa shape index (κ2) is 5.33. The first-order valence-electron chi connectivity index (χ1n) is 5.13. The third-order valence-corrected chi connectivity index (χ3v) is 3.23. The summed E-state index contributed by atoms with van der Waals surface area (Å²) >= 11 is 2.17. The molecule has 0 aliphatic carbocycles. The van der Waals surface area contributed by atoms with Crippen LogP contribution in [0, 0.1) is 9.49 Å². The van der Waals surface area contributed by atoms with Crippen LogP contribution in [-0.4, -0.2) is 24.0 Å². The van der Waals surface area contributed by atoms with Gasteiger partial charge in [0.15, 0.2) is 0 Å². The van der Waals surface area contributed by atoms with E-state index in [1.807, 2.05) is 12.1 Å². The SMILES string of the molecule is [N-]=[N+]=NCC1CC(=O)N(c2ccc(I)cn2)C1. The highest BCUT2D eigenvalue weighted by Crippen LogP contribution is 2.23. The third kappa shape index (κ3) is 2.86. The Hall–Kier alpha value is -1.34. The van der Waals surface area contributed by atoms with Gasteiger partial charge in [-0.05, 0) is 46.2 Å². The van der Waals surface area contributed by atoms with Crippen molar-refractivity contribution in [3.8, 4) is 0 Å². The Morgan fingerprint density at radius 3 is 3.12 bits per heavy atom. The lowest BCUT2D eigenvalue weighted by Crippen LogP contribution is -2.25. The molecule has 2 rings (SSSR count). The fraction of sp³-hybridized carbons (Fsp3) is 0.400. The number of halogens is 1. The van der Waals surface area contributed by atoms with Crippen LogP contribution in [-0.2, 0) is 4.79 Å². The van der Waals surface area contributed by atoms with Gasteiger partial charge in [-0.1, -0.05) is 5.11 Å². The number of anilines is 1. The van der Waals surface area contributed by atoms with Crippen LogP contribution in [0.15, 0.2) is 23.4 Å². The molecule has 1 fully saturated rings. The van der Waals surface area contributed by atoms with Gasteiger partial charge in [0.25, 0.3) is 0 Å². The molecule has 1 aromatic rings. The Bertz CT molecular complexity index is 468. The van der Waals surface area contributed by atoms with Crippen LogP contribution in [0.25, 0.3) is 10.4 Å². The molecule has 17 heavy (non-hydrogen) atoms. The van der Waals surface area contributed by atoms with Gasteiger partial charge < -0.3 is 0 Å². The van der Waals surface area contributed by atoms with Crippen LogP contribution in [0.1, 0.15) is 6.42 Å². The summed E-state index contributed by atoms with van der Waals surface area (Å²) in [5, 5.41) is 3.51. The van der Waals surface area contributed by atoms with Crippen LogP contribution in [0.2, 0.25) is 0 Å². The summed E-state index contributed by atoms with van der Waals surface area (Å²) in [6, 6.07) is 3.74. The van der Waals surface area contributed by atoms with Crippen molar-refractivity contribution >= 4 is 34.3 Å². The summed E-state index contributed by atoms with van der Waals surface area (Å²) in [6.07, 6.45) is 2.15. The van der Waals surface area contributed by atoms with Gasteiger partial charge in [0.05, 0.1) is 0 Å². The second-order valence-corrected chi connectivity index (χ2v) is 5.07. The fourth-order valence-corrected chi connectivity index (χ4v) is 2.12. The summed E-state index contributed by atoms with van der Waals surface area (Å²) in [4.78, 5) is 20.4. The van der Waals surface area contributed by atoms with E-state index in [-0.39, 0.29) is 11.8 Å². The Morgan fingerprint density at radius 1 is 1.65 bits per heavy atom. The lowest BCUT2D eigenvalue weighted by atomic mass is 10.1. The first-order chi connectivity index (χ1) is 8.20. The first-order valence-corrected chi connectivity index (χ1v) is 6.21. The average molecular weight is 343 g/mol. The highest BCUT2D eigenvalue weighted by atomic mass is 127. The van der Waals surface area contributed by atoms with Crippen LogP contribution >= 0.6 is 22.6 Å². The van der Waals surface area contributed by atoms with Crippen molar-refractivity contribution < 1.29 is 4.79 Å². The molecule has 0 radical (unpaired) electrons. The number of hydrogen-bond donors (Lipinski definition) is 0. The van der Waals surface area contributed by atoms with Crippen LogP contribution in [0.5, 0.6) is 0 Å². The molecule has 6 nitrogen and oxygen atoms in total. The van der Waals surface area contributed by atoms with Crippen molar-refractivity contribution in [3.05, 3.63) is 32.3 Å². The number of amides is 1. The first kappa shape index (κ1) is 12.1. The van der Waals surface area contributed by atoms with Gasteiger partial charge in [0.2, 0.25) is 5.91 Å².